The molecule has 0 saturated carbocycles. The van der Waals surface area contributed by atoms with Crippen LogP contribution in [0.25, 0.3) is 0 Å². The molecule has 1 N–H and O–H groups in total. The minimum Gasteiger partial charge on any atom is -0.382 e. The highest BCUT2D eigenvalue weighted by Gasteiger charge is 2.09. The Morgan fingerprint density at radius 1 is 1.33 bits per heavy atom. The molecule has 0 fully saturated rings. The number of nitrogens with one attached hydrogen (secondary N) is 1. The number of benzene rings is 1. The van der Waals surface area contributed by atoms with Crippen LogP contribution in [-0.2, 0) is 0 Å². The minimum atomic E-state index is 0.525. The zero-order valence-corrected chi connectivity index (χ0v) is 8.83. The molecule has 0 spiro atoms. The van der Waals surface area contributed by atoms with Crippen molar-refractivity contribution in [3.8, 4) is 6.07 Å². The average Bonchev–Trinajstić information content (AvgIpc) is 2.71. The monoisotopic (exact) mass is 198 g/mol. The Morgan fingerprint density at radius 3 is 2.67 bits per heavy atom. The van der Waals surface area contributed by atoms with Gasteiger partial charge in [0.25, 0.3) is 0 Å². The predicted octanol–water partition coefficient (Wildman–Crippen LogP) is 3.00. The van der Waals surface area contributed by atoms with E-state index in [1.807, 2.05) is 25.1 Å². The zero-order chi connectivity index (χ0) is 10.7. The van der Waals surface area contributed by atoms with Crippen LogP contribution in [0.2, 0.25) is 0 Å². The molecule has 1 aromatic rings. The molecule has 1 aliphatic rings. The van der Waals surface area contributed by atoms with Crippen LogP contribution in [0.1, 0.15) is 24.0 Å². The Hall–Kier alpha value is -1.75. The normalized spacial score (nSPS) is 15.2. The van der Waals surface area contributed by atoms with E-state index < -0.39 is 0 Å². The van der Waals surface area contributed by atoms with Gasteiger partial charge in [-0.1, -0.05) is 12.2 Å². The maximum Gasteiger partial charge on any atom is 0.0994 e. The lowest BCUT2D eigenvalue weighted by molar-refractivity contribution is 0.786. The molecule has 0 bridgehead atoms. The van der Waals surface area contributed by atoms with E-state index in [1.165, 1.54) is 0 Å². The van der Waals surface area contributed by atoms with Gasteiger partial charge in [0.1, 0.15) is 0 Å². The summed E-state index contributed by atoms with van der Waals surface area (Å²) in [5, 5.41) is 12.3. The van der Waals surface area contributed by atoms with Crippen LogP contribution in [0.4, 0.5) is 5.69 Å². The van der Waals surface area contributed by atoms with E-state index in [1.54, 1.807) is 0 Å². The van der Waals surface area contributed by atoms with E-state index in [-0.39, 0.29) is 0 Å². The van der Waals surface area contributed by atoms with E-state index in [0.717, 1.165) is 29.7 Å². The molecule has 1 aliphatic carbocycles. The van der Waals surface area contributed by atoms with Crippen molar-refractivity contribution < 1.29 is 0 Å². The van der Waals surface area contributed by atoms with E-state index >= 15 is 0 Å². The molecule has 2 nitrogen and oxygen atoms in total. The lowest BCUT2D eigenvalue weighted by Crippen LogP contribution is -2.14. The lowest BCUT2D eigenvalue weighted by atomic mass is 10.1. The second-order valence-corrected chi connectivity index (χ2v) is 3.93. The van der Waals surface area contributed by atoms with Gasteiger partial charge in [-0.05, 0) is 43.5 Å². The molecular formula is C13H14N2. The summed E-state index contributed by atoms with van der Waals surface area (Å²) in [6.07, 6.45) is 6.60. The van der Waals surface area contributed by atoms with E-state index in [4.69, 9.17) is 5.26 Å². The van der Waals surface area contributed by atoms with Crippen molar-refractivity contribution in [2.24, 2.45) is 0 Å². The van der Waals surface area contributed by atoms with E-state index in [2.05, 4.69) is 23.5 Å². The van der Waals surface area contributed by atoms with Crippen LogP contribution in [-0.4, -0.2) is 6.04 Å². The SMILES string of the molecule is Cc1cc(NC2CC=CC2)ccc1C#N. The summed E-state index contributed by atoms with van der Waals surface area (Å²) in [6.45, 7) is 1.97. The first-order valence-electron chi connectivity index (χ1n) is 5.22. The van der Waals surface area contributed by atoms with Crippen molar-refractivity contribution in [1.82, 2.24) is 0 Å². The molecule has 0 heterocycles. The van der Waals surface area contributed by atoms with Crippen molar-refractivity contribution in [3.63, 3.8) is 0 Å². The molecule has 1 aromatic carbocycles. The van der Waals surface area contributed by atoms with Gasteiger partial charge in [-0.2, -0.15) is 5.26 Å². The topological polar surface area (TPSA) is 35.8 Å². The fourth-order valence-corrected chi connectivity index (χ4v) is 1.85. The quantitative estimate of drug-likeness (QED) is 0.741. The van der Waals surface area contributed by atoms with Crippen LogP contribution in [0, 0.1) is 18.3 Å². The van der Waals surface area contributed by atoms with Crippen molar-refractivity contribution in [1.29, 1.82) is 5.26 Å². The summed E-state index contributed by atoms with van der Waals surface area (Å²) < 4.78 is 0. The molecule has 2 rings (SSSR count). The molecule has 0 unspecified atom stereocenters. The van der Waals surface area contributed by atoms with Crippen LogP contribution >= 0.6 is 0 Å². The fraction of sp³-hybridized carbons (Fsp3) is 0.308. The van der Waals surface area contributed by atoms with Gasteiger partial charge >= 0.3 is 0 Å². The number of rotatable bonds is 2. The molecular weight excluding hydrogens is 184 g/mol. The largest absolute Gasteiger partial charge is 0.382 e. The Morgan fingerprint density at radius 2 is 2.07 bits per heavy atom. The molecule has 0 aliphatic heterocycles. The first kappa shape index (κ1) is 9.79. The van der Waals surface area contributed by atoms with Gasteiger partial charge in [-0.3, -0.25) is 0 Å². The average molecular weight is 198 g/mol. The highest BCUT2D eigenvalue weighted by Crippen LogP contribution is 2.19. The van der Waals surface area contributed by atoms with Crippen LogP contribution in [0.3, 0.4) is 0 Å². The zero-order valence-electron chi connectivity index (χ0n) is 8.83. The molecule has 0 aromatic heterocycles. The standard InChI is InChI=1S/C13H14N2/c1-10-8-13(7-6-11(10)9-14)15-12-4-2-3-5-12/h2-3,6-8,12,15H,4-5H2,1H3. The highest BCUT2D eigenvalue weighted by molar-refractivity contribution is 5.52. The molecule has 0 amide bonds. The first-order valence-corrected chi connectivity index (χ1v) is 5.22. The Labute approximate surface area is 90.2 Å². The summed E-state index contributed by atoms with van der Waals surface area (Å²) in [6, 6.07) is 8.59. The number of nitrogens with zero attached hydrogens (tertiary/aromatic N) is 1. The smallest absolute Gasteiger partial charge is 0.0994 e. The summed E-state index contributed by atoms with van der Waals surface area (Å²) in [4.78, 5) is 0. The van der Waals surface area contributed by atoms with E-state index in [0.29, 0.717) is 6.04 Å². The molecule has 76 valence electrons. The van der Waals surface area contributed by atoms with Gasteiger partial charge in [0.2, 0.25) is 0 Å². The molecule has 0 atom stereocenters. The molecule has 2 heteroatoms. The van der Waals surface area contributed by atoms with Crippen molar-refractivity contribution >= 4 is 5.69 Å². The number of anilines is 1. The van der Waals surface area contributed by atoms with Crippen molar-refractivity contribution in [2.75, 3.05) is 5.32 Å². The van der Waals surface area contributed by atoms with Gasteiger partial charge in [0, 0.05) is 11.7 Å². The third-order valence-electron chi connectivity index (χ3n) is 2.73. The van der Waals surface area contributed by atoms with Gasteiger partial charge in [-0.25, -0.2) is 0 Å². The van der Waals surface area contributed by atoms with Gasteiger partial charge in [0.05, 0.1) is 11.6 Å². The van der Waals surface area contributed by atoms with Crippen LogP contribution < -0.4 is 5.32 Å². The summed E-state index contributed by atoms with van der Waals surface area (Å²) in [5.74, 6) is 0. The first-order chi connectivity index (χ1) is 7.29. The van der Waals surface area contributed by atoms with Gasteiger partial charge in [-0.15, -0.1) is 0 Å². The second-order valence-electron chi connectivity index (χ2n) is 3.93. The third-order valence-corrected chi connectivity index (χ3v) is 2.73. The number of nitriles is 1. The molecule has 0 saturated heterocycles. The fourth-order valence-electron chi connectivity index (χ4n) is 1.85. The highest BCUT2D eigenvalue weighted by atomic mass is 14.9. The summed E-state index contributed by atoms with van der Waals surface area (Å²) in [7, 11) is 0. The van der Waals surface area contributed by atoms with Crippen molar-refractivity contribution in [2.45, 2.75) is 25.8 Å². The van der Waals surface area contributed by atoms with Gasteiger partial charge < -0.3 is 5.32 Å². The molecule has 0 radical (unpaired) electrons. The van der Waals surface area contributed by atoms with Crippen LogP contribution in [0.5, 0.6) is 0 Å². The number of aryl methyl sites for hydroxylation is 1. The Kier molecular flexibility index (Phi) is 2.73. The van der Waals surface area contributed by atoms with Crippen LogP contribution in [0.15, 0.2) is 30.4 Å². The Bertz CT molecular complexity index is 419. The third kappa shape index (κ3) is 2.19. The molecule has 15 heavy (non-hydrogen) atoms. The second kappa shape index (κ2) is 4.18. The Balaban J connectivity index is 2.10. The van der Waals surface area contributed by atoms with E-state index in [9.17, 15) is 0 Å². The lowest BCUT2D eigenvalue weighted by Gasteiger charge is -2.14. The maximum absolute atomic E-state index is 8.81. The summed E-state index contributed by atoms with van der Waals surface area (Å²) in [5.41, 5.74) is 2.90. The van der Waals surface area contributed by atoms with Gasteiger partial charge in [0.15, 0.2) is 0 Å². The van der Waals surface area contributed by atoms with Crippen molar-refractivity contribution in [3.05, 3.63) is 41.5 Å². The summed E-state index contributed by atoms with van der Waals surface area (Å²) >= 11 is 0. The number of hydrogen-bond acceptors (Lipinski definition) is 2. The predicted molar refractivity (Wildman–Crippen MR) is 61.7 cm³/mol. The maximum atomic E-state index is 8.81. The minimum absolute atomic E-state index is 0.525. The number of hydrogen-bond donors (Lipinski definition) is 1.